The van der Waals surface area contributed by atoms with Crippen molar-refractivity contribution in [3.63, 3.8) is 0 Å². The Bertz CT molecular complexity index is 996. The van der Waals surface area contributed by atoms with Gasteiger partial charge in [0.2, 0.25) is 0 Å². The van der Waals surface area contributed by atoms with Gasteiger partial charge in [0.1, 0.15) is 5.92 Å². The van der Waals surface area contributed by atoms with Crippen molar-refractivity contribution in [2.75, 3.05) is 5.75 Å². The van der Waals surface area contributed by atoms with Crippen molar-refractivity contribution in [3.8, 4) is 6.07 Å². The van der Waals surface area contributed by atoms with Gasteiger partial charge in [0.15, 0.2) is 11.6 Å². The topological polar surface area (TPSA) is 70.3 Å². The third-order valence-electron chi connectivity index (χ3n) is 4.67. The fourth-order valence-corrected chi connectivity index (χ4v) is 5.18. The zero-order valence-electron chi connectivity index (χ0n) is 15.9. The van der Waals surface area contributed by atoms with E-state index in [1.807, 2.05) is 48.7 Å². The van der Waals surface area contributed by atoms with Gasteiger partial charge in [-0.1, -0.05) is 35.9 Å². The van der Waals surface area contributed by atoms with E-state index in [0.29, 0.717) is 21.9 Å². The van der Waals surface area contributed by atoms with Crippen molar-refractivity contribution in [2.24, 2.45) is 10.9 Å². The first kappa shape index (κ1) is 20.2. The Morgan fingerprint density at radius 1 is 1.21 bits per heavy atom. The Morgan fingerprint density at radius 3 is 2.50 bits per heavy atom. The Hall–Kier alpha value is -2.49. The molecular weight excluding hydrogens is 388 g/mol. The Labute approximate surface area is 173 Å². The summed E-state index contributed by atoms with van der Waals surface area (Å²) in [7, 11) is 0. The van der Waals surface area contributed by atoms with Gasteiger partial charge >= 0.3 is 0 Å². The molecule has 0 bridgehead atoms. The van der Waals surface area contributed by atoms with Gasteiger partial charge in [-0.05, 0) is 32.2 Å². The second kappa shape index (κ2) is 8.68. The lowest BCUT2D eigenvalue weighted by Gasteiger charge is -2.28. The second-order valence-corrected chi connectivity index (χ2v) is 8.66. The predicted octanol–water partition coefficient (Wildman–Crippen LogP) is 5.17. The lowest BCUT2D eigenvalue weighted by atomic mass is 9.81. The molecule has 0 radical (unpaired) electrons. The van der Waals surface area contributed by atoms with Crippen molar-refractivity contribution in [3.05, 3.63) is 69.1 Å². The first-order valence-corrected chi connectivity index (χ1v) is 10.7. The van der Waals surface area contributed by atoms with Gasteiger partial charge in [-0.25, -0.2) is 4.99 Å². The smallest absolute Gasteiger partial charge is 0.173 e. The normalized spacial score (nSPS) is 19.1. The second-order valence-electron chi connectivity index (χ2n) is 6.68. The number of carbonyl (C=O) groups is 2. The summed E-state index contributed by atoms with van der Waals surface area (Å²) in [5, 5.41) is 12.4. The molecule has 1 aromatic heterocycles. The first-order valence-electron chi connectivity index (χ1n) is 8.88. The number of hydrogen-bond donors (Lipinski definition) is 0. The number of allylic oxidation sites excluding steroid dienone is 2. The Morgan fingerprint density at radius 2 is 1.93 bits per heavy atom. The number of carbonyl (C=O) groups excluding carboxylic acids is 2. The van der Waals surface area contributed by atoms with Crippen LogP contribution >= 0.6 is 23.1 Å². The van der Waals surface area contributed by atoms with Gasteiger partial charge in [-0.15, -0.1) is 23.1 Å². The maximum Gasteiger partial charge on any atom is 0.173 e. The molecule has 2 atom stereocenters. The summed E-state index contributed by atoms with van der Waals surface area (Å²) in [6, 6.07) is 13.6. The third-order valence-corrected chi connectivity index (χ3v) is 6.67. The number of rotatable bonds is 5. The Kier molecular flexibility index (Phi) is 6.28. The third kappa shape index (κ3) is 4.16. The number of thioether (sulfide) groups is 1. The molecule has 1 aromatic carbocycles. The SMILES string of the molecule is CC(=O)C1=C(C)N=C(SCC(=O)c2ccc(C)cc2)C(C#N)[C@H]1c1cccs1. The standard InChI is InChI=1S/C22H20N2O2S2/c1-13-6-8-16(9-7-13)18(26)12-28-22-17(11-23)21(19-5-4-10-27-19)20(15(3)25)14(2)24-22/h4-10,17,21H,12H2,1-3H3/t17?,21-/m0/s1. The van der Waals surface area contributed by atoms with Crippen LogP contribution in [0.15, 0.2) is 58.0 Å². The average molecular weight is 409 g/mol. The molecule has 4 nitrogen and oxygen atoms in total. The molecule has 2 aromatic rings. The average Bonchev–Trinajstić information content (AvgIpc) is 3.20. The fourth-order valence-electron chi connectivity index (χ4n) is 3.29. The van der Waals surface area contributed by atoms with Crippen molar-refractivity contribution in [1.29, 1.82) is 5.26 Å². The molecule has 0 saturated carbocycles. The van der Waals surface area contributed by atoms with E-state index >= 15 is 0 Å². The molecular formula is C22H20N2O2S2. The number of aryl methyl sites for hydroxylation is 1. The maximum absolute atomic E-state index is 12.5. The molecule has 6 heteroatoms. The monoisotopic (exact) mass is 408 g/mol. The van der Waals surface area contributed by atoms with Gasteiger partial charge in [0, 0.05) is 27.6 Å². The molecule has 0 N–H and O–H groups in total. The summed E-state index contributed by atoms with van der Waals surface area (Å²) in [6.07, 6.45) is 0. The minimum atomic E-state index is -0.572. The molecule has 3 rings (SSSR count). The number of thiophene rings is 1. The number of hydrogen-bond acceptors (Lipinski definition) is 6. The number of aliphatic imine (C=N–C) groups is 1. The minimum Gasteiger partial charge on any atom is -0.295 e. The number of nitriles is 1. The van der Waals surface area contributed by atoms with Crippen LogP contribution in [0.3, 0.4) is 0 Å². The summed E-state index contributed by atoms with van der Waals surface area (Å²) < 4.78 is 0. The molecule has 142 valence electrons. The zero-order chi connectivity index (χ0) is 20.3. The quantitative estimate of drug-likeness (QED) is 0.640. The van der Waals surface area contributed by atoms with E-state index in [9.17, 15) is 14.9 Å². The van der Waals surface area contributed by atoms with Gasteiger partial charge in [-0.2, -0.15) is 5.26 Å². The molecule has 0 fully saturated rings. The minimum absolute atomic E-state index is 0.00365. The van der Waals surface area contributed by atoms with E-state index < -0.39 is 5.92 Å². The number of nitrogens with zero attached hydrogens (tertiary/aromatic N) is 2. The van der Waals surface area contributed by atoms with E-state index in [1.165, 1.54) is 30.0 Å². The molecule has 2 heterocycles. The Balaban J connectivity index is 1.88. The highest BCUT2D eigenvalue weighted by Gasteiger charge is 2.38. The van der Waals surface area contributed by atoms with Gasteiger partial charge in [0.25, 0.3) is 0 Å². The number of ketones is 2. The fraction of sp³-hybridized carbons (Fsp3) is 0.273. The highest BCUT2D eigenvalue weighted by molar-refractivity contribution is 8.14. The van der Waals surface area contributed by atoms with Crippen molar-refractivity contribution < 1.29 is 9.59 Å². The summed E-state index contributed by atoms with van der Waals surface area (Å²) in [5.74, 6) is -0.773. The van der Waals surface area contributed by atoms with Gasteiger partial charge in [-0.3, -0.25) is 9.59 Å². The summed E-state index contributed by atoms with van der Waals surface area (Å²) in [4.78, 5) is 30.3. The van der Waals surface area contributed by atoms with Crippen LogP contribution in [-0.4, -0.2) is 22.4 Å². The van der Waals surface area contributed by atoms with Crippen LogP contribution in [0.1, 0.15) is 40.6 Å². The number of benzene rings is 1. The molecule has 0 spiro atoms. The van der Waals surface area contributed by atoms with E-state index in [4.69, 9.17) is 0 Å². The maximum atomic E-state index is 12.5. The lowest BCUT2D eigenvalue weighted by Crippen LogP contribution is -2.28. The van der Waals surface area contributed by atoms with Crippen LogP contribution in [0.4, 0.5) is 0 Å². The van der Waals surface area contributed by atoms with Crippen LogP contribution in [0.5, 0.6) is 0 Å². The summed E-state index contributed by atoms with van der Waals surface area (Å²) in [5.41, 5.74) is 2.96. The highest BCUT2D eigenvalue weighted by atomic mass is 32.2. The van der Waals surface area contributed by atoms with Gasteiger partial charge < -0.3 is 0 Å². The van der Waals surface area contributed by atoms with E-state index in [-0.39, 0.29) is 23.2 Å². The number of Topliss-reactive ketones (excluding diaryl/α,β-unsaturated/α-hetero) is 2. The van der Waals surface area contributed by atoms with Gasteiger partial charge in [0.05, 0.1) is 16.9 Å². The van der Waals surface area contributed by atoms with E-state index in [1.54, 1.807) is 6.92 Å². The van der Waals surface area contributed by atoms with Crippen LogP contribution in [0, 0.1) is 24.2 Å². The lowest BCUT2D eigenvalue weighted by molar-refractivity contribution is -0.114. The van der Waals surface area contributed by atoms with Crippen LogP contribution in [-0.2, 0) is 4.79 Å². The molecule has 1 aliphatic heterocycles. The molecule has 0 aliphatic carbocycles. The van der Waals surface area contributed by atoms with Crippen molar-refractivity contribution >= 4 is 39.7 Å². The molecule has 28 heavy (non-hydrogen) atoms. The molecule has 1 unspecified atom stereocenters. The van der Waals surface area contributed by atoms with Crippen LogP contribution in [0.2, 0.25) is 0 Å². The van der Waals surface area contributed by atoms with Crippen LogP contribution in [0.25, 0.3) is 0 Å². The van der Waals surface area contributed by atoms with E-state index in [2.05, 4.69) is 11.1 Å². The molecule has 1 aliphatic rings. The largest absolute Gasteiger partial charge is 0.295 e. The predicted molar refractivity (Wildman–Crippen MR) is 115 cm³/mol. The molecule has 0 amide bonds. The van der Waals surface area contributed by atoms with Crippen molar-refractivity contribution in [2.45, 2.75) is 26.7 Å². The summed E-state index contributed by atoms with van der Waals surface area (Å²) in [6.45, 7) is 5.29. The van der Waals surface area contributed by atoms with Crippen molar-refractivity contribution in [1.82, 2.24) is 0 Å². The summed E-state index contributed by atoms with van der Waals surface area (Å²) >= 11 is 2.82. The zero-order valence-corrected chi connectivity index (χ0v) is 17.6. The van der Waals surface area contributed by atoms with E-state index in [0.717, 1.165) is 10.4 Å². The molecule has 0 saturated heterocycles. The van der Waals surface area contributed by atoms with Crippen LogP contribution < -0.4 is 0 Å². The highest BCUT2D eigenvalue weighted by Crippen LogP contribution is 2.42. The first-order chi connectivity index (χ1) is 13.4.